The quantitative estimate of drug-likeness (QED) is 0.395. The Hall–Kier alpha value is -3.03. The molecule has 0 heterocycles. The predicted octanol–water partition coefficient (Wildman–Crippen LogP) is 6.24. The molecule has 30 heavy (non-hydrogen) atoms. The van der Waals surface area contributed by atoms with Gasteiger partial charge in [0, 0.05) is 22.0 Å². The van der Waals surface area contributed by atoms with Crippen LogP contribution in [0.1, 0.15) is 6.92 Å². The molecule has 1 unspecified atom stereocenters. The van der Waals surface area contributed by atoms with Crippen LogP contribution in [0.2, 0.25) is 5.02 Å². The largest absolute Gasteiger partial charge is 0.325 e. The third kappa shape index (κ3) is 6.23. The van der Waals surface area contributed by atoms with Gasteiger partial charge in [-0.3, -0.25) is 4.79 Å². The van der Waals surface area contributed by atoms with E-state index in [0.717, 1.165) is 4.90 Å². The summed E-state index contributed by atoms with van der Waals surface area (Å²) in [5.74, 6) is -0.768. The van der Waals surface area contributed by atoms with Gasteiger partial charge >= 0.3 is 6.03 Å². The molecular weight excluding hydrogens is 425 g/mol. The van der Waals surface area contributed by atoms with Crippen molar-refractivity contribution in [1.29, 1.82) is 0 Å². The van der Waals surface area contributed by atoms with Crippen LogP contribution >= 0.6 is 23.4 Å². The summed E-state index contributed by atoms with van der Waals surface area (Å²) in [5, 5.41) is 7.77. The molecule has 0 bridgehead atoms. The van der Waals surface area contributed by atoms with E-state index in [1.54, 1.807) is 31.2 Å². The van der Waals surface area contributed by atoms with Gasteiger partial charge in [-0.2, -0.15) is 0 Å². The van der Waals surface area contributed by atoms with Crippen LogP contribution in [-0.4, -0.2) is 17.2 Å². The molecule has 154 valence electrons. The highest BCUT2D eigenvalue weighted by molar-refractivity contribution is 8.00. The molecule has 0 aliphatic rings. The fourth-order valence-electron chi connectivity index (χ4n) is 2.51. The lowest BCUT2D eigenvalue weighted by Gasteiger charge is -2.13. The average Bonchev–Trinajstić information content (AvgIpc) is 2.73. The lowest BCUT2D eigenvalue weighted by molar-refractivity contribution is -0.115. The Bertz CT molecular complexity index is 1030. The molecule has 3 amide bonds. The molecule has 3 aromatic rings. The summed E-state index contributed by atoms with van der Waals surface area (Å²) in [5.41, 5.74) is 1.76. The molecule has 0 spiro atoms. The maximum atomic E-state index is 13.2. The number of carbonyl (C=O) groups is 2. The van der Waals surface area contributed by atoms with Crippen molar-refractivity contribution >= 4 is 52.4 Å². The van der Waals surface area contributed by atoms with E-state index in [1.807, 2.05) is 30.3 Å². The molecule has 0 fully saturated rings. The highest BCUT2D eigenvalue weighted by atomic mass is 35.5. The van der Waals surface area contributed by atoms with Gasteiger partial charge in [-0.15, -0.1) is 11.8 Å². The van der Waals surface area contributed by atoms with Gasteiger partial charge in [0.2, 0.25) is 5.91 Å². The normalized spacial score (nSPS) is 11.4. The van der Waals surface area contributed by atoms with Gasteiger partial charge < -0.3 is 16.0 Å². The molecule has 0 saturated heterocycles. The van der Waals surface area contributed by atoms with E-state index in [0.29, 0.717) is 17.1 Å². The minimum Gasteiger partial charge on any atom is -0.325 e. The van der Waals surface area contributed by atoms with Crippen molar-refractivity contribution in [3.8, 4) is 0 Å². The fraction of sp³-hybridized carbons (Fsp3) is 0.0909. The van der Waals surface area contributed by atoms with Gasteiger partial charge in [-0.25, -0.2) is 9.18 Å². The van der Waals surface area contributed by atoms with E-state index in [9.17, 15) is 14.0 Å². The zero-order valence-electron chi connectivity index (χ0n) is 16.0. The van der Waals surface area contributed by atoms with Crippen LogP contribution in [0, 0.1) is 5.82 Å². The number of carbonyl (C=O) groups excluding carboxylic acids is 2. The average molecular weight is 444 g/mol. The van der Waals surface area contributed by atoms with Gasteiger partial charge in [0.05, 0.1) is 10.3 Å². The maximum Gasteiger partial charge on any atom is 0.323 e. The molecule has 0 saturated carbocycles. The second-order valence-electron chi connectivity index (χ2n) is 6.35. The smallest absolute Gasteiger partial charge is 0.323 e. The van der Waals surface area contributed by atoms with E-state index in [2.05, 4.69) is 16.0 Å². The van der Waals surface area contributed by atoms with Gasteiger partial charge in [0.25, 0.3) is 0 Å². The van der Waals surface area contributed by atoms with Crippen molar-refractivity contribution in [3.63, 3.8) is 0 Å². The molecule has 5 nitrogen and oxygen atoms in total. The Balaban J connectivity index is 1.52. The molecule has 0 aliphatic heterocycles. The monoisotopic (exact) mass is 443 g/mol. The Morgan fingerprint density at radius 1 is 0.867 bits per heavy atom. The minimum atomic E-state index is -0.539. The molecule has 1 atom stereocenters. The summed E-state index contributed by atoms with van der Waals surface area (Å²) < 4.78 is 13.2. The van der Waals surface area contributed by atoms with E-state index in [-0.39, 0.29) is 17.0 Å². The number of thioether (sulfide) groups is 1. The number of amides is 3. The van der Waals surface area contributed by atoms with Crippen molar-refractivity contribution in [3.05, 3.63) is 83.6 Å². The molecular formula is C22H19ClFN3O2S. The fourth-order valence-corrected chi connectivity index (χ4v) is 3.56. The second kappa shape index (κ2) is 10.1. The number of hydrogen-bond donors (Lipinski definition) is 3. The lowest BCUT2D eigenvalue weighted by atomic mass is 10.3. The maximum absolute atomic E-state index is 13.2. The molecule has 8 heteroatoms. The highest BCUT2D eigenvalue weighted by Crippen LogP contribution is 2.26. The zero-order valence-corrected chi connectivity index (χ0v) is 17.6. The van der Waals surface area contributed by atoms with E-state index < -0.39 is 11.1 Å². The van der Waals surface area contributed by atoms with Crippen LogP contribution < -0.4 is 16.0 Å². The first kappa shape index (κ1) is 21.7. The van der Waals surface area contributed by atoms with E-state index >= 15 is 0 Å². The van der Waals surface area contributed by atoms with Gasteiger partial charge in [0.1, 0.15) is 5.82 Å². The Labute approximate surface area is 183 Å². The Morgan fingerprint density at radius 3 is 2.10 bits per heavy atom. The number of urea groups is 1. The zero-order chi connectivity index (χ0) is 21.5. The predicted molar refractivity (Wildman–Crippen MR) is 121 cm³/mol. The van der Waals surface area contributed by atoms with E-state index in [4.69, 9.17) is 11.6 Å². The molecule has 0 aliphatic carbocycles. The third-order valence-electron chi connectivity index (χ3n) is 4.01. The van der Waals surface area contributed by atoms with Crippen molar-refractivity contribution in [2.75, 3.05) is 16.0 Å². The summed E-state index contributed by atoms with van der Waals surface area (Å²) in [4.78, 5) is 25.3. The number of hydrogen-bond acceptors (Lipinski definition) is 3. The molecule has 3 N–H and O–H groups in total. The number of halogens is 2. The second-order valence-corrected chi connectivity index (χ2v) is 8.17. The van der Waals surface area contributed by atoms with Crippen molar-refractivity contribution in [1.82, 2.24) is 0 Å². The Kier molecular flexibility index (Phi) is 7.32. The number of benzene rings is 3. The van der Waals surface area contributed by atoms with Crippen LogP contribution in [-0.2, 0) is 4.79 Å². The standard InChI is InChI=1S/C22H19ClFN3O2S/c1-14(21(28)25-17-9-12-20(24)19(23)13-17)30-18-10-7-16(8-11-18)27-22(29)26-15-5-3-2-4-6-15/h2-14H,1H3,(H,25,28)(H2,26,27,29). The third-order valence-corrected chi connectivity index (χ3v) is 5.41. The van der Waals surface area contributed by atoms with Crippen LogP contribution in [0.25, 0.3) is 0 Å². The van der Waals surface area contributed by atoms with Gasteiger partial charge in [-0.1, -0.05) is 29.8 Å². The van der Waals surface area contributed by atoms with Crippen molar-refractivity contribution < 1.29 is 14.0 Å². The first-order chi connectivity index (χ1) is 14.4. The van der Waals surface area contributed by atoms with Crippen molar-refractivity contribution in [2.45, 2.75) is 17.1 Å². The first-order valence-electron chi connectivity index (χ1n) is 9.06. The Morgan fingerprint density at radius 2 is 1.47 bits per heavy atom. The van der Waals surface area contributed by atoms with Gasteiger partial charge in [-0.05, 0) is 61.5 Å². The lowest BCUT2D eigenvalue weighted by Crippen LogP contribution is -2.22. The van der Waals surface area contributed by atoms with Crippen LogP contribution in [0.3, 0.4) is 0 Å². The summed E-state index contributed by atoms with van der Waals surface area (Å²) in [6, 6.07) is 20.0. The number of para-hydroxylation sites is 1. The summed E-state index contributed by atoms with van der Waals surface area (Å²) in [6.45, 7) is 1.77. The molecule has 0 aromatic heterocycles. The minimum absolute atomic E-state index is 0.0486. The number of rotatable bonds is 6. The van der Waals surface area contributed by atoms with E-state index in [1.165, 1.54) is 30.0 Å². The van der Waals surface area contributed by atoms with Crippen LogP contribution in [0.5, 0.6) is 0 Å². The number of nitrogens with one attached hydrogen (secondary N) is 3. The molecule has 0 radical (unpaired) electrons. The summed E-state index contributed by atoms with van der Waals surface area (Å²) >= 11 is 7.10. The SMILES string of the molecule is CC(Sc1ccc(NC(=O)Nc2ccccc2)cc1)C(=O)Nc1ccc(F)c(Cl)c1. The first-order valence-corrected chi connectivity index (χ1v) is 10.3. The van der Waals surface area contributed by atoms with Crippen molar-refractivity contribution in [2.24, 2.45) is 0 Å². The molecule has 3 rings (SSSR count). The van der Waals surface area contributed by atoms with Crippen LogP contribution in [0.15, 0.2) is 77.7 Å². The van der Waals surface area contributed by atoms with Crippen LogP contribution in [0.4, 0.5) is 26.2 Å². The topological polar surface area (TPSA) is 70.2 Å². The summed E-state index contributed by atoms with van der Waals surface area (Å²) in [7, 11) is 0. The van der Waals surface area contributed by atoms with Gasteiger partial charge in [0.15, 0.2) is 0 Å². The molecule has 3 aromatic carbocycles. The highest BCUT2D eigenvalue weighted by Gasteiger charge is 2.15. The summed E-state index contributed by atoms with van der Waals surface area (Å²) in [6.07, 6.45) is 0. The number of anilines is 3.